The van der Waals surface area contributed by atoms with Crippen LogP contribution in [0, 0.1) is 10.1 Å². The number of non-ortho nitro benzene ring substituents is 1. The quantitative estimate of drug-likeness (QED) is 0.146. The summed E-state index contributed by atoms with van der Waals surface area (Å²) in [4.78, 5) is 15.7. The van der Waals surface area contributed by atoms with Crippen molar-refractivity contribution < 1.29 is 33.3 Å². The summed E-state index contributed by atoms with van der Waals surface area (Å²) < 4.78 is 37.5. The molecule has 0 aromatic heterocycles. The van der Waals surface area contributed by atoms with Crippen LogP contribution in [-0.4, -0.2) is 69.3 Å². The molecule has 0 amide bonds. The Hall–Kier alpha value is -5.78. The number of rotatable bonds is 8. The zero-order chi connectivity index (χ0) is 40.8. The van der Waals surface area contributed by atoms with E-state index in [1.54, 1.807) is 33.5 Å². The van der Waals surface area contributed by atoms with Crippen LogP contribution in [0.4, 0.5) is 5.69 Å². The van der Waals surface area contributed by atoms with E-state index in [9.17, 15) is 10.1 Å². The van der Waals surface area contributed by atoms with Gasteiger partial charge in [-0.05, 0) is 142 Å². The maximum Gasteiger partial charge on any atom is 0.269 e. The molecule has 0 saturated carbocycles. The first-order valence-electron chi connectivity index (χ1n) is 19.8. The van der Waals surface area contributed by atoms with Gasteiger partial charge in [0.15, 0.2) is 23.0 Å². The Morgan fingerprint density at radius 3 is 2.50 bits per heavy atom. The zero-order valence-corrected chi connectivity index (χ0v) is 34.3. The van der Waals surface area contributed by atoms with Crippen LogP contribution >= 0.6 is 0 Å². The first-order chi connectivity index (χ1) is 28.1. The van der Waals surface area contributed by atoms with Gasteiger partial charge < -0.3 is 28.4 Å². The number of allylic oxidation sites excluding steroid dienone is 9. The molecule has 11 nitrogen and oxygen atoms in total. The number of fused-ring (bicyclic) bond motifs is 5. The Morgan fingerprint density at radius 1 is 0.948 bits per heavy atom. The van der Waals surface area contributed by atoms with E-state index in [0.29, 0.717) is 48.0 Å². The topological polar surface area (TPSA) is 105 Å². The summed E-state index contributed by atoms with van der Waals surface area (Å²) in [5.74, 6) is 4.62. The SMILES string of the molecule is CO/C(C)=C/C1=C2/C=C/Oc3c(OC)c(OC)cc4c3C(CC3=CC=C(OCc5ccc([N+](=O)[O-])cc5)C(=CC3)OC3=CCC=C(C=C3)CC2N(C)CC1)N(C)CC4. The number of hydrogen-bond donors (Lipinski definition) is 0. The first kappa shape index (κ1) is 40.4. The number of methoxy groups -OCH3 is 3. The molecule has 304 valence electrons. The van der Waals surface area contributed by atoms with Crippen molar-refractivity contribution in [1.82, 2.24) is 9.80 Å². The van der Waals surface area contributed by atoms with Crippen LogP contribution in [0.1, 0.15) is 61.8 Å². The summed E-state index contributed by atoms with van der Waals surface area (Å²) in [6, 6.07) is 8.56. The third kappa shape index (κ3) is 9.01. The van der Waals surface area contributed by atoms with E-state index in [-0.39, 0.29) is 24.4 Å². The second kappa shape index (κ2) is 18.2. The van der Waals surface area contributed by atoms with Crippen LogP contribution in [0.5, 0.6) is 17.2 Å². The van der Waals surface area contributed by atoms with Gasteiger partial charge in [-0.1, -0.05) is 23.8 Å². The van der Waals surface area contributed by atoms with Crippen LogP contribution in [0.3, 0.4) is 0 Å². The summed E-state index contributed by atoms with van der Waals surface area (Å²) in [5, 5.41) is 11.3. The van der Waals surface area contributed by atoms with Crippen molar-refractivity contribution >= 4 is 5.69 Å². The van der Waals surface area contributed by atoms with Crippen LogP contribution in [0.25, 0.3) is 0 Å². The molecule has 2 aromatic carbocycles. The molecule has 3 aliphatic heterocycles. The fourth-order valence-electron chi connectivity index (χ4n) is 8.20. The standard InChI is InChI=1S/C47H53N3O8/c1-31(53-4)26-35-20-23-48(2)40-27-32-8-7-9-38(17-12-32)58-43-19-14-33(13-18-42(43)57-30-34-10-15-37(16-11-34)50(51)52)28-41-45-36(21-24-49(41)3)29-44(54-5)46(55-6)47(45)56-25-22-39(35)40/h8-13,15-19,22,25-26,29,40-41H,7,14,20-21,23-24,27-28,30H2,1-6H3/b25-22+,31-26+. The summed E-state index contributed by atoms with van der Waals surface area (Å²) in [6.07, 6.45) is 25.4. The molecule has 0 spiro atoms. The Bertz CT molecular complexity index is 2190. The summed E-state index contributed by atoms with van der Waals surface area (Å²) in [6.45, 7) is 3.97. The minimum absolute atomic E-state index is 0.0265. The van der Waals surface area contributed by atoms with E-state index >= 15 is 0 Å². The average Bonchev–Trinajstić information content (AvgIpc) is 3.57. The highest BCUT2D eigenvalue weighted by Crippen LogP contribution is 2.49. The number of benzene rings is 2. The van der Waals surface area contributed by atoms with Crippen molar-refractivity contribution in [3.8, 4) is 17.2 Å². The second-order valence-corrected chi connectivity index (χ2v) is 15.2. The highest BCUT2D eigenvalue weighted by Gasteiger charge is 2.34. The number of nitrogens with zero attached hydrogens (tertiary/aromatic N) is 3. The van der Waals surface area contributed by atoms with Crippen molar-refractivity contribution in [2.24, 2.45) is 0 Å². The Labute approximate surface area is 341 Å². The van der Waals surface area contributed by atoms with E-state index in [4.69, 9.17) is 28.4 Å². The van der Waals surface area contributed by atoms with E-state index in [2.05, 4.69) is 72.5 Å². The van der Waals surface area contributed by atoms with Crippen molar-refractivity contribution in [3.05, 3.63) is 163 Å². The van der Waals surface area contributed by atoms with Crippen LogP contribution < -0.4 is 14.2 Å². The molecule has 0 radical (unpaired) electrons. The lowest BCUT2D eigenvalue weighted by atomic mass is 9.86. The molecular formula is C47H53N3O8. The van der Waals surface area contributed by atoms with Gasteiger partial charge in [0, 0.05) is 42.9 Å². The molecule has 5 aliphatic rings. The monoisotopic (exact) mass is 787 g/mol. The van der Waals surface area contributed by atoms with Gasteiger partial charge >= 0.3 is 0 Å². The molecular weight excluding hydrogens is 735 g/mol. The predicted molar refractivity (Wildman–Crippen MR) is 224 cm³/mol. The Kier molecular flexibility index (Phi) is 12.7. The van der Waals surface area contributed by atoms with Crippen molar-refractivity contribution in [3.63, 3.8) is 0 Å². The van der Waals surface area contributed by atoms with Gasteiger partial charge in [-0.25, -0.2) is 0 Å². The Balaban J connectivity index is 1.33. The number of nitro benzene ring substituents is 1. The highest BCUT2D eigenvalue weighted by atomic mass is 16.6. The van der Waals surface area contributed by atoms with E-state index in [1.807, 2.05) is 25.3 Å². The molecule has 0 saturated heterocycles. The fourth-order valence-corrected chi connectivity index (χ4v) is 8.20. The molecule has 3 heterocycles. The Morgan fingerprint density at radius 2 is 1.74 bits per heavy atom. The molecule has 0 fully saturated rings. The van der Waals surface area contributed by atoms with E-state index in [1.165, 1.54) is 34.4 Å². The number of likely N-dealkylation sites (N-methyl/N-ethyl adjacent to an activating group) is 2. The second-order valence-electron chi connectivity index (χ2n) is 15.2. The van der Waals surface area contributed by atoms with Crippen molar-refractivity contribution in [2.75, 3.05) is 48.5 Å². The molecule has 4 bridgehead atoms. The van der Waals surface area contributed by atoms with Crippen molar-refractivity contribution in [1.29, 1.82) is 0 Å². The van der Waals surface area contributed by atoms with Gasteiger partial charge in [-0.15, -0.1) is 0 Å². The lowest BCUT2D eigenvalue weighted by Crippen LogP contribution is -2.38. The molecule has 2 aliphatic carbocycles. The molecule has 0 N–H and O–H groups in total. The molecule has 58 heavy (non-hydrogen) atoms. The summed E-state index contributed by atoms with van der Waals surface area (Å²) >= 11 is 0. The van der Waals surface area contributed by atoms with Crippen LogP contribution in [0.15, 0.2) is 137 Å². The number of nitro groups is 1. The highest BCUT2D eigenvalue weighted by molar-refractivity contribution is 5.61. The average molecular weight is 788 g/mol. The third-order valence-corrected chi connectivity index (χ3v) is 11.6. The van der Waals surface area contributed by atoms with Gasteiger partial charge in [-0.3, -0.25) is 19.9 Å². The maximum absolute atomic E-state index is 11.3. The minimum atomic E-state index is -0.401. The summed E-state index contributed by atoms with van der Waals surface area (Å²) in [7, 11) is 9.37. The van der Waals surface area contributed by atoms with Crippen molar-refractivity contribution in [2.45, 2.75) is 64.1 Å². The third-order valence-electron chi connectivity index (χ3n) is 11.6. The van der Waals surface area contributed by atoms with Gasteiger partial charge in [0.25, 0.3) is 5.69 Å². The zero-order valence-electron chi connectivity index (χ0n) is 34.3. The first-order valence-corrected chi connectivity index (χ1v) is 19.8. The predicted octanol–water partition coefficient (Wildman–Crippen LogP) is 9.48. The molecule has 11 heteroatoms. The number of hydrogen-bond acceptors (Lipinski definition) is 10. The molecule has 2 unspecified atom stereocenters. The molecule has 2 atom stereocenters. The smallest absolute Gasteiger partial charge is 0.269 e. The van der Waals surface area contributed by atoms with E-state index < -0.39 is 4.92 Å². The van der Waals surface area contributed by atoms with E-state index in [0.717, 1.165) is 60.6 Å². The van der Waals surface area contributed by atoms with Gasteiger partial charge in [0.1, 0.15) is 12.4 Å². The van der Waals surface area contributed by atoms with Crippen LogP contribution in [-0.2, 0) is 27.2 Å². The summed E-state index contributed by atoms with van der Waals surface area (Å²) in [5.41, 5.74) is 7.86. The lowest BCUT2D eigenvalue weighted by Gasteiger charge is -2.37. The van der Waals surface area contributed by atoms with Gasteiger partial charge in [0.05, 0.1) is 38.3 Å². The molecule has 7 rings (SSSR count). The molecule has 2 aromatic rings. The van der Waals surface area contributed by atoms with Crippen LogP contribution in [0.2, 0.25) is 0 Å². The normalized spacial score (nSPS) is 22.0. The van der Waals surface area contributed by atoms with Gasteiger partial charge in [0.2, 0.25) is 5.75 Å². The fraction of sp³-hybridized carbons (Fsp3) is 0.362. The minimum Gasteiger partial charge on any atom is -0.501 e. The largest absolute Gasteiger partial charge is 0.501 e. The van der Waals surface area contributed by atoms with Gasteiger partial charge in [-0.2, -0.15) is 0 Å². The lowest BCUT2D eigenvalue weighted by molar-refractivity contribution is -0.384. The number of ether oxygens (including phenoxy) is 6. The maximum atomic E-state index is 11.3.